The normalized spacial score (nSPS) is 18.8. The second-order valence-electron chi connectivity index (χ2n) is 3.92. The maximum absolute atomic E-state index is 12.7. The lowest BCUT2D eigenvalue weighted by Gasteiger charge is -2.19. The molecule has 1 saturated heterocycles. The highest BCUT2D eigenvalue weighted by atomic mass is 19.1. The molecule has 5 heteroatoms. The van der Waals surface area contributed by atoms with E-state index < -0.39 is 0 Å². The smallest absolute Gasteiger partial charge is 0.308 e. The summed E-state index contributed by atoms with van der Waals surface area (Å²) >= 11 is 0. The first-order valence-corrected chi connectivity index (χ1v) is 5.43. The Morgan fingerprint density at radius 3 is 2.82 bits per heavy atom. The van der Waals surface area contributed by atoms with Crippen LogP contribution in [0.4, 0.5) is 14.9 Å². The minimum absolute atomic E-state index is 0.305. The molecule has 1 aliphatic heterocycles. The third-order valence-electron chi connectivity index (χ3n) is 2.76. The summed E-state index contributed by atoms with van der Waals surface area (Å²) in [6.45, 7) is 0.589. The molecule has 1 heterocycles. The van der Waals surface area contributed by atoms with Crippen LogP contribution < -0.4 is 5.32 Å². The van der Waals surface area contributed by atoms with E-state index in [1.54, 1.807) is 0 Å². The van der Waals surface area contributed by atoms with Crippen LogP contribution in [0.15, 0.2) is 24.3 Å². The van der Waals surface area contributed by atoms with Crippen LogP contribution in [0, 0.1) is 17.1 Å². The molecular weight excluding hydrogens is 221 g/mol. The summed E-state index contributed by atoms with van der Waals surface area (Å²) in [6.07, 6.45) is 1.56. The van der Waals surface area contributed by atoms with E-state index in [4.69, 9.17) is 5.26 Å². The topological polar surface area (TPSA) is 56.1 Å². The van der Waals surface area contributed by atoms with Crippen molar-refractivity contribution in [3.05, 3.63) is 30.1 Å². The second-order valence-corrected chi connectivity index (χ2v) is 3.92. The van der Waals surface area contributed by atoms with Gasteiger partial charge in [0.2, 0.25) is 0 Å². The molecule has 1 aromatic rings. The number of halogens is 1. The molecule has 1 atom stereocenters. The molecule has 0 radical (unpaired) electrons. The summed E-state index contributed by atoms with van der Waals surface area (Å²) in [5.74, 6) is -0.348. The number of urea groups is 1. The van der Waals surface area contributed by atoms with Gasteiger partial charge in [0, 0.05) is 12.2 Å². The minimum atomic E-state index is -0.351. The molecule has 0 aliphatic carbocycles. The lowest BCUT2D eigenvalue weighted by atomic mass is 10.2. The van der Waals surface area contributed by atoms with Crippen molar-refractivity contribution in [3.8, 4) is 6.07 Å². The van der Waals surface area contributed by atoms with Gasteiger partial charge in [0.15, 0.2) is 0 Å². The zero-order valence-corrected chi connectivity index (χ0v) is 9.19. The molecule has 1 fully saturated rings. The van der Waals surface area contributed by atoms with Gasteiger partial charge in [-0.25, -0.2) is 9.18 Å². The van der Waals surface area contributed by atoms with Crippen LogP contribution in [0.2, 0.25) is 0 Å². The van der Waals surface area contributed by atoms with Gasteiger partial charge in [0.25, 0.3) is 0 Å². The number of amides is 2. The van der Waals surface area contributed by atoms with Gasteiger partial charge in [-0.3, -0.25) is 0 Å². The lowest BCUT2D eigenvalue weighted by Crippen LogP contribution is -2.37. The van der Waals surface area contributed by atoms with Crippen LogP contribution in [-0.4, -0.2) is 23.5 Å². The Kier molecular flexibility index (Phi) is 3.24. The molecule has 1 aromatic carbocycles. The third kappa shape index (κ3) is 2.53. The van der Waals surface area contributed by atoms with Crippen LogP contribution in [-0.2, 0) is 0 Å². The van der Waals surface area contributed by atoms with Gasteiger partial charge in [0.1, 0.15) is 11.9 Å². The van der Waals surface area contributed by atoms with E-state index in [0.717, 1.165) is 6.42 Å². The van der Waals surface area contributed by atoms with Gasteiger partial charge in [-0.15, -0.1) is 0 Å². The first-order valence-electron chi connectivity index (χ1n) is 5.43. The fraction of sp³-hybridized carbons (Fsp3) is 0.333. The molecular formula is C12H12FN3O. The van der Waals surface area contributed by atoms with E-state index in [0.29, 0.717) is 18.7 Å². The van der Waals surface area contributed by atoms with E-state index in [1.165, 1.54) is 29.2 Å². The predicted octanol–water partition coefficient (Wildman–Crippen LogP) is 2.35. The number of nitriles is 1. The molecule has 4 nitrogen and oxygen atoms in total. The van der Waals surface area contributed by atoms with Crippen LogP contribution in [0.3, 0.4) is 0 Å². The Morgan fingerprint density at radius 1 is 1.47 bits per heavy atom. The predicted molar refractivity (Wildman–Crippen MR) is 60.8 cm³/mol. The van der Waals surface area contributed by atoms with Crippen molar-refractivity contribution in [3.63, 3.8) is 0 Å². The number of anilines is 1. The standard InChI is InChI=1S/C12H12FN3O/c13-9-3-5-10(6-4-9)15-12(17)16-7-1-2-11(16)8-14/h3-6,11H,1-2,7H2,(H,15,17). The second kappa shape index (κ2) is 4.83. The van der Waals surface area contributed by atoms with Crippen LogP contribution >= 0.6 is 0 Å². The zero-order chi connectivity index (χ0) is 12.3. The van der Waals surface area contributed by atoms with Gasteiger partial charge in [-0.2, -0.15) is 5.26 Å². The molecule has 88 valence electrons. The first-order chi connectivity index (χ1) is 8.20. The molecule has 2 rings (SSSR count). The van der Waals surface area contributed by atoms with E-state index in [9.17, 15) is 9.18 Å². The lowest BCUT2D eigenvalue weighted by molar-refractivity contribution is 0.215. The first kappa shape index (κ1) is 11.4. The highest BCUT2D eigenvalue weighted by Crippen LogP contribution is 2.18. The Hall–Kier alpha value is -2.09. The number of nitrogens with one attached hydrogen (secondary N) is 1. The Bertz CT molecular complexity index is 452. The number of likely N-dealkylation sites (tertiary alicyclic amines) is 1. The average molecular weight is 233 g/mol. The van der Waals surface area contributed by atoms with E-state index in [2.05, 4.69) is 11.4 Å². The summed E-state index contributed by atoms with van der Waals surface area (Å²) in [4.78, 5) is 13.3. The van der Waals surface area contributed by atoms with Crippen molar-refractivity contribution in [2.45, 2.75) is 18.9 Å². The molecule has 17 heavy (non-hydrogen) atoms. The highest BCUT2D eigenvalue weighted by Gasteiger charge is 2.28. The summed E-state index contributed by atoms with van der Waals surface area (Å²) in [5, 5.41) is 11.5. The SMILES string of the molecule is N#CC1CCCN1C(=O)Nc1ccc(F)cc1. The summed E-state index contributed by atoms with van der Waals surface area (Å²) in [6, 6.07) is 6.98. The quantitative estimate of drug-likeness (QED) is 0.809. The maximum Gasteiger partial charge on any atom is 0.322 e. The monoisotopic (exact) mass is 233 g/mol. The van der Waals surface area contributed by atoms with Gasteiger partial charge in [-0.1, -0.05) is 0 Å². The molecule has 2 amide bonds. The number of carbonyl (C=O) groups excluding carboxylic acids is 1. The van der Waals surface area contributed by atoms with Crippen LogP contribution in [0.25, 0.3) is 0 Å². The van der Waals surface area contributed by atoms with Crippen LogP contribution in [0.1, 0.15) is 12.8 Å². The molecule has 1 aliphatic rings. The fourth-order valence-corrected chi connectivity index (χ4v) is 1.87. The van der Waals surface area contributed by atoms with E-state index >= 15 is 0 Å². The Morgan fingerprint density at radius 2 is 2.18 bits per heavy atom. The number of hydrogen-bond acceptors (Lipinski definition) is 2. The number of rotatable bonds is 1. The average Bonchev–Trinajstić information content (AvgIpc) is 2.80. The van der Waals surface area contributed by atoms with Crippen molar-refractivity contribution < 1.29 is 9.18 Å². The molecule has 0 spiro atoms. The highest BCUT2D eigenvalue weighted by molar-refractivity contribution is 5.89. The van der Waals surface area contributed by atoms with Crippen molar-refractivity contribution in [2.24, 2.45) is 0 Å². The molecule has 1 N–H and O–H groups in total. The zero-order valence-electron chi connectivity index (χ0n) is 9.19. The summed E-state index contributed by atoms with van der Waals surface area (Å²) < 4.78 is 12.7. The summed E-state index contributed by atoms with van der Waals surface area (Å²) in [5.41, 5.74) is 0.528. The fourth-order valence-electron chi connectivity index (χ4n) is 1.87. The molecule has 0 aromatic heterocycles. The minimum Gasteiger partial charge on any atom is -0.308 e. The third-order valence-corrected chi connectivity index (χ3v) is 2.76. The van der Waals surface area contributed by atoms with Crippen molar-refractivity contribution in [1.82, 2.24) is 4.90 Å². The number of nitrogens with zero attached hydrogens (tertiary/aromatic N) is 2. The number of benzene rings is 1. The van der Waals surface area contributed by atoms with E-state index in [1.807, 2.05) is 0 Å². The number of hydrogen-bond donors (Lipinski definition) is 1. The van der Waals surface area contributed by atoms with Crippen molar-refractivity contribution in [2.75, 3.05) is 11.9 Å². The maximum atomic E-state index is 12.7. The van der Waals surface area contributed by atoms with Crippen molar-refractivity contribution >= 4 is 11.7 Å². The van der Waals surface area contributed by atoms with Crippen molar-refractivity contribution in [1.29, 1.82) is 5.26 Å². The van der Waals surface area contributed by atoms with Crippen LogP contribution in [0.5, 0.6) is 0 Å². The van der Waals surface area contributed by atoms with E-state index in [-0.39, 0.29) is 17.9 Å². The van der Waals surface area contributed by atoms with Gasteiger partial charge < -0.3 is 10.2 Å². The molecule has 1 unspecified atom stereocenters. The molecule has 0 bridgehead atoms. The Balaban J connectivity index is 2.02. The van der Waals surface area contributed by atoms with Gasteiger partial charge >= 0.3 is 6.03 Å². The molecule has 0 saturated carbocycles. The largest absolute Gasteiger partial charge is 0.322 e. The van der Waals surface area contributed by atoms with Gasteiger partial charge in [-0.05, 0) is 37.1 Å². The number of carbonyl (C=O) groups is 1. The van der Waals surface area contributed by atoms with Gasteiger partial charge in [0.05, 0.1) is 6.07 Å². The Labute approximate surface area is 98.6 Å². The summed E-state index contributed by atoms with van der Waals surface area (Å²) in [7, 11) is 0.